The van der Waals surface area contributed by atoms with Gasteiger partial charge in [0.15, 0.2) is 0 Å². The molecule has 0 atom stereocenters. The zero-order valence-corrected chi connectivity index (χ0v) is 9.39. The maximum Gasteiger partial charge on any atom is 0.287 e. The first-order valence-corrected chi connectivity index (χ1v) is 4.61. The van der Waals surface area contributed by atoms with Crippen molar-refractivity contribution >= 4 is 23.2 Å². The van der Waals surface area contributed by atoms with Crippen molar-refractivity contribution in [1.82, 2.24) is 5.06 Å². The molecule has 0 bridgehead atoms. The molecule has 0 aromatic heterocycles. The number of carbonyl (C=O) groups excluding carboxylic acids is 1. The molecule has 86 valence electrons. The molecule has 7 heteroatoms. The lowest BCUT2D eigenvalue weighted by atomic mass is 10.2. The van der Waals surface area contributed by atoms with Crippen LogP contribution in [0.25, 0.3) is 0 Å². The van der Waals surface area contributed by atoms with Gasteiger partial charge in [-0.15, -0.1) is 0 Å². The minimum absolute atomic E-state index is 0.0830. The first kappa shape index (κ1) is 12.4. The highest BCUT2D eigenvalue weighted by Crippen LogP contribution is 2.25. The number of hydrogen-bond donors (Lipinski definition) is 0. The van der Waals surface area contributed by atoms with Crippen molar-refractivity contribution in [3.63, 3.8) is 0 Å². The summed E-state index contributed by atoms with van der Waals surface area (Å²) in [5, 5.41) is 11.4. The molecule has 1 rings (SSSR count). The van der Waals surface area contributed by atoms with Crippen LogP contribution in [0.2, 0.25) is 5.02 Å². The maximum absolute atomic E-state index is 11.6. The number of halogens is 1. The molecule has 0 aliphatic rings. The Morgan fingerprint density at radius 1 is 1.56 bits per heavy atom. The molecule has 6 nitrogen and oxygen atoms in total. The van der Waals surface area contributed by atoms with Crippen LogP contribution >= 0.6 is 11.6 Å². The van der Waals surface area contributed by atoms with Gasteiger partial charge in [0.05, 0.1) is 12.0 Å². The molecule has 0 N–H and O–H groups in total. The second kappa shape index (κ2) is 4.91. The Bertz CT molecular complexity index is 436. The van der Waals surface area contributed by atoms with E-state index in [1.165, 1.54) is 32.4 Å². The van der Waals surface area contributed by atoms with Crippen molar-refractivity contribution in [1.29, 1.82) is 0 Å². The Kier molecular flexibility index (Phi) is 3.81. The summed E-state index contributed by atoms with van der Waals surface area (Å²) >= 11 is 5.66. The minimum atomic E-state index is -0.614. The van der Waals surface area contributed by atoms with Crippen molar-refractivity contribution in [2.75, 3.05) is 14.2 Å². The monoisotopic (exact) mass is 244 g/mol. The summed E-state index contributed by atoms with van der Waals surface area (Å²) in [6, 6.07) is 3.73. The summed E-state index contributed by atoms with van der Waals surface area (Å²) in [7, 11) is 2.77. The molecule has 0 heterocycles. The van der Waals surface area contributed by atoms with Crippen LogP contribution in [0.5, 0.6) is 0 Å². The molecule has 0 unspecified atom stereocenters. The molecule has 0 spiro atoms. The molecule has 1 aromatic rings. The van der Waals surface area contributed by atoms with Crippen LogP contribution < -0.4 is 0 Å². The Morgan fingerprint density at radius 3 is 2.62 bits per heavy atom. The Balaban J connectivity index is 3.06. The number of benzene rings is 1. The quantitative estimate of drug-likeness (QED) is 0.601. The molecule has 1 aromatic carbocycles. The van der Waals surface area contributed by atoms with Crippen LogP contribution in [-0.4, -0.2) is 30.1 Å². The number of nitro groups is 1. The van der Waals surface area contributed by atoms with Crippen molar-refractivity contribution < 1.29 is 14.6 Å². The first-order chi connectivity index (χ1) is 7.47. The summed E-state index contributed by atoms with van der Waals surface area (Å²) in [6.07, 6.45) is 0. The topological polar surface area (TPSA) is 72.7 Å². The third kappa shape index (κ3) is 2.47. The summed E-state index contributed by atoms with van der Waals surface area (Å²) in [5.41, 5.74) is -0.0155. The number of amides is 1. The van der Waals surface area contributed by atoms with Crippen LogP contribution in [0.1, 0.15) is 10.4 Å². The van der Waals surface area contributed by atoms with Crippen LogP contribution in [0.4, 0.5) is 5.69 Å². The van der Waals surface area contributed by atoms with Crippen LogP contribution in [0.15, 0.2) is 18.2 Å². The number of nitrogens with zero attached hydrogens (tertiary/aromatic N) is 2. The van der Waals surface area contributed by atoms with Crippen molar-refractivity contribution in [3.8, 4) is 0 Å². The molecule has 0 aliphatic heterocycles. The third-order valence-corrected chi connectivity index (χ3v) is 2.25. The van der Waals surface area contributed by atoms with Crippen LogP contribution in [0.3, 0.4) is 0 Å². The zero-order chi connectivity index (χ0) is 12.3. The van der Waals surface area contributed by atoms with Crippen LogP contribution in [-0.2, 0) is 4.84 Å². The molecule has 0 radical (unpaired) electrons. The van der Waals surface area contributed by atoms with Gasteiger partial charge in [-0.3, -0.25) is 19.7 Å². The lowest BCUT2D eigenvalue weighted by Crippen LogP contribution is -2.25. The van der Waals surface area contributed by atoms with E-state index in [-0.39, 0.29) is 16.3 Å². The fourth-order valence-electron chi connectivity index (χ4n) is 1.05. The number of carbonyl (C=O) groups is 1. The van der Waals surface area contributed by atoms with E-state index in [1.807, 2.05) is 0 Å². The van der Waals surface area contributed by atoms with Crippen molar-refractivity contribution in [2.24, 2.45) is 0 Å². The second-order valence-electron chi connectivity index (χ2n) is 2.91. The molecule has 0 saturated heterocycles. The Morgan fingerprint density at radius 2 is 2.19 bits per heavy atom. The average Bonchev–Trinajstić information content (AvgIpc) is 2.26. The van der Waals surface area contributed by atoms with Gasteiger partial charge in [-0.2, -0.15) is 0 Å². The number of nitro benzene ring substituents is 1. The van der Waals surface area contributed by atoms with Gasteiger partial charge in [0.2, 0.25) is 0 Å². The van der Waals surface area contributed by atoms with E-state index in [4.69, 9.17) is 16.4 Å². The number of hydrogen-bond acceptors (Lipinski definition) is 4. The van der Waals surface area contributed by atoms with Crippen molar-refractivity contribution in [2.45, 2.75) is 0 Å². The lowest BCUT2D eigenvalue weighted by molar-refractivity contribution is -0.384. The highest BCUT2D eigenvalue weighted by atomic mass is 35.5. The van der Waals surface area contributed by atoms with E-state index in [0.29, 0.717) is 0 Å². The minimum Gasteiger partial charge on any atom is -0.274 e. The van der Waals surface area contributed by atoms with Gasteiger partial charge in [0, 0.05) is 18.7 Å². The smallest absolute Gasteiger partial charge is 0.274 e. The predicted octanol–water partition coefficient (Wildman–Crippen LogP) is 1.88. The molecule has 0 fully saturated rings. The van der Waals surface area contributed by atoms with Crippen molar-refractivity contribution in [3.05, 3.63) is 38.9 Å². The van der Waals surface area contributed by atoms with E-state index in [0.717, 1.165) is 5.06 Å². The van der Waals surface area contributed by atoms with Gasteiger partial charge >= 0.3 is 0 Å². The van der Waals surface area contributed by atoms with Crippen LogP contribution in [0, 0.1) is 10.1 Å². The van der Waals surface area contributed by atoms with E-state index in [9.17, 15) is 14.9 Å². The average molecular weight is 245 g/mol. The number of hydroxylamine groups is 2. The third-order valence-electron chi connectivity index (χ3n) is 1.95. The highest BCUT2D eigenvalue weighted by molar-refractivity contribution is 6.33. The largest absolute Gasteiger partial charge is 0.287 e. The zero-order valence-electron chi connectivity index (χ0n) is 8.64. The molecule has 0 aliphatic carbocycles. The molecule has 0 saturated carbocycles. The standard InChI is InChI=1S/C9H9ClN2O4/c1-11(16-2)9(13)6-3-4-8(12(14)15)7(10)5-6/h3-5H,1-2H3. The van der Waals surface area contributed by atoms with E-state index in [2.05, 4.69) is 0 Å². The fourth-order valence-corrected chi connectivity index (χ4v) is 1.30. The van der Waals surface area contributed by atoms with E-state index >= 15 is 0 Å². The molecular weight excluding hydrogens is 236 g/mol. The molecule has 1 amide bonds. The van der Waals surface area contributed by atoms with Gasteiger partial charge in [-0.05, 0) is 12.1 Å². The number of rotatable bonds is 3. The molecular formula is C9H9ClN2O4. The van der Waals surface area contributed by atoms with Gasteiger partial charge in [-0.25, -0.2) is 5.06 Å². The maximum atomic E-state index is 11.6. The Hall–Kier alpha value is -1.66. The Labute approximate surface area is 96.5 Å². The lowest BCUT2D eigenvalue weighted by Gasteiger charge is -2.13. The summed E-state index contributed by atoms with van der Waals surface area (Å²) in [4.78, 5) is 26.2. The highest BCUT2D eigenvalue weighted by Gasteiger charge is 2.17. The normalized spacial score (nSPS) is 9.94. The summed E-state index contributed by atoms with van der Waals surface area (Å²) < 4.78 is 0. The van der Waals surface area contributed by atoms with Gasteiger partial charge in [0.25, 0.3) is 11.6 Å². The van der Waals surface area contributed by atoms with E-state index in [1.54, 1.807) is 0 Å². The summed E-state index contributed by atoms with van der Waals surface area (Å²) in [6.45, 7) is 0. The van der Waals surface area contributed by atoms with E-state index < -0.39 is 10.8 Å². The fraction of sp³-hybridized carbons (Fsp3) is 0.222. The van der Waals surface area contributed by atoms with Gasteiger partial charge < -0.3 is 0 Å². The van der Waals surface area contributed by atoms with Gasteiger partial charge in [0.1, 0.15) is 5.02 Å². The molecule has 16 heavy (non-hydrogen) atoms. The second-order valence-corrected chi connectivity index (χ2v) is 3.32. The first-order valence-electron chi connectivity index (χ1n) is 4.23. The SMILES string of the molecule is CON(C)C(=O)c1ccc([N+](=O)[O-])c(Cl)c1. The predicted molar refractivity (Wildman–Crippen MR) is 57.2 cm³/mol. The van der Waals surface area contributed by atoms with Gasteiger partial charge in [-0.1, -0.05) is 11.6 Å². The summed E-state index contributed by atoms with van der Waals surface area (Å²) in [5.74, 6) is -0.431.